The molecule has 0 spiro atoms. The third-order valence-electron chi connectivity index (χ3n) is 13.8. The van der Waals surface area contributed by atoms with Crippen molar-refractivity contribution < 1.29 is 4.42 Å². The molecule has 1 aliphatic rings. The highest BCUT2D eigenvalue weighted by Gasteiger charge is 2.36. The standard InChI is InChI=1S/C61H41NO/c1-61(2)55-25-13-12-23-50(55)51-34-32-43(37-56(51)61)62(42-16-4-3-5-17-42)57-26-14-24-52-54-36-41-15-6-7-18-44(41)58(60(54)63-59(52)57)39-29-27-38(28-30-39)40-31-33-49-47-21-9-8-19-45(47)46-20-10-11-22-48(46)53(49)35-40/h3-37H,1-2H3. The smallest absolute Gasteiger partial charge is 0.159 e. The lowest BCUT2D eigenvalue weighted by Gasteiger charge is -2.28. The van der Waals surface area contributed by atoms with Gasteiger partial charge < -0.3 is 9.32 Å². The molecule has 0 amide bonds. The zero-order valence-electron chi connectivity index (χ0n) is 35.1. The van der Waals surface area contributed by atoms with Gasteiger partial charge in [0.15, 0.2) is 5.58 Å². The van der Waals surface area contributed by atoms with E-state index in [9.17, 15) is 0 Å². The van der Waals surface area contributed by atoms with Crippen molar-refractivity contribution >= 4 is 82.1 Å². The van der Waals surface area contributed by atoms with Gasteiger partial charge in [-0.2, -0.15) is 0 Å². The van der Waals surface area contributed by atoms with E-state index in [0.29, 0.717) is 0 Å². The zero-order valence-corrected chi connectivity index (χ0v) is 35.1. The third-order valence-corrected chi connectivity index (χ3v) is 13.8. The van der Waals surface area contributed by atoms with Gasteiger partial charge >= 0.3 is 0 Å². The molecule has 2 nitrogen and oxygen atoms in total. The Kier molecular flexibility index (Phi) is 7.68. The molecule has 12 aromatic rings. The molecule has 0 aliphatic heterocycles. The molecule has 63 heavy (non-hydrogen) atoms. The first-order valence-corrected chi connectivity index (χ1v) is 21.9. The second-order valence-electron chi connectivity index (χ2n) is 17.6. The minimum absolute atomic E-state index is 0.127. The van der Waals surface area contributed by atoms with E-state index in [1.807, 2.05) is 0 Å². The molecule has 11 aromatic carbocycles. The molecular formula is C61H41NO. The lowest BCUT2D eigenvalue weighted by Crippen LogP contribution is -2.16. The molecule has 1 aromatic heterocycles. The summed E-state index contributed by atoms with van der Waals surface area (Å²) in [5.41, 5.74) is 14.8. The highest BCUT2D eigenvalue weighted by molar-refractivity contribution is 6.26. The second-order valence-corrected chi connectivity index (χ2v) is 17.6. The Balaban J connectivity index is 0.976. The van der Waals surface area contributed by atoms with Crippen LogP contribution >= 0.6 is 0 Å². The molecule has 13 rings (SSSR count). The number of fused-ring (bicyclic) bond motifs is 13. The molecular weight excluding hydrogens is 763 g/mol. The summed E-state index contributed by atoms with van der Waals surface area (Å²) in [6, 6.07) is 77.7. The van der Waals surface area contributed by atoms with Gasteiger partial charge in [0.25, 0.3) is 0 Å². The lowest BCUT2D eigenvalue weighted by molar-refractivity contribution is 0.660. The fourth-order valence-corrected chi connectivity index (χ4v) is 10.8. The van der Waals surface area contributed by atoms with Crippen molar-refractivity contribution in [3.63, 3.8) is 0 Å². The summed E-state index contributed by atoms with van der Waals surface area (Å²) in [7, 11) is 0. The van der Waals surface area contributed by atoms with E-state index >= 15 is 0 Å². The van der Waals surface area contributed by atoms with E-state index in [1.165, 1.54) is 76.5 Å². The van der Waals surface area contributed by atoms with E-state index in [2.05, 4.69) is 231 Å². The van der Waals surface area contributed by atoms with Crippen LogP contribution in [0.2, 0.25) is 0 Å². The minimum Gasteiger partial charge on any atom is -0.453 e. The maximum Gasteiger partial charge on any atom is 0.159 e. The van der Waals surface area contributed by atoms with Crippen molar-refractivity contribution in [1.29, 1.82) is 0 Å². The van der Waals surface area contributed by atoms with Crippen molar-refractivity contribution in [2.75, 3.05) is 4.90 Å². The number of furan rings is 1. The molecule has 0 atom stereocenters. The largest absolute Gasteiger partial charge is 0.453 e. The van der Waals surface area contributed by atoms with Gasteiger partial charge in [0.1, 0.15) is 5.58 Å². The van der Waals surface area contributed by atoms with Crippen LogP contribution in [0, 0.1) is 0 Å². The summed E-state index contributed by atoms with van der Waals surface area (Å²) in [6.07, 6.45) is 0. The highest BCUT2D eigenvalue weighted by atomic mass is 16.3. The van der Waals surface area contributed by atoms with Gasteiger partial charge in [-0.3, -0.25) is 0 Å². The average molecular weight is 804 g/mol. The maximum absolute atomic E-state index is 7.28. The van der Waals surface area contributed by atoms with Crippen molar-refractivity contribution in [3.8, 4) is 33.4 Å². The Bertz CT molecular complexity index is 3780. The Labute approximate surface area is 365 Å². The van der Waals surface area contributed by atoms with Crippen molar-refractivity contribution in [1.82, 2.24) is 0 Å². The molecule has 0 saturated carbocycles. The molecule has 0 fully saturated rings. The minimum atomic E-state index is -0.127. The first-order chi connectivity index (χ1) is 31.0. The van der Waals surface area contributed by atoms with Crippen LogP contribution in [-0.4, -0.2) is 0 Å². The van der Waals surface area contributed by atoms with Crippen LogP contribution in [0.25, 0.3) is 98.4 Å². The zero-order chi connectivity index (χ0) is 41.8. The number of hydrogen-bond donors (Lipinski definition) is 0. The summed E-state index contributed by atoms with van der Waals surface area (Å²) >= 11 is 0. The van der Waals surface area contributed by atoms with Crippen LogP contribution < -0.4 is 4.90 Å². The summed E-state index contributed by atoms with van der Waals surface area (Å²) in [6.45, 7) is 4.69. The lowest BCUT2D eigenvalue weighted by atomic mass is 9.82. The number of para-hydroxylation sites is 2. The van der Waals surface area contributed by atoms with Gasteiger partial charge in [-0.25, -0.2) is 0 Å². The topological polar surface area (TPSA) is 16.4 Å². The molecule has 296 valence electrons. The summed E-state index contributed by atoms with van der Waals surface area (Å²) in [5.74, 6) is 0. The first-order valence-electron chi connectivity index (χ1n) is 21.9. The SMILES string of the molecule is CC1(C)c2ccccc2-c2ccc(N(c3ccccc3)c3cccc4c3oc3c(-c5ccc(-c6ccc7c8ccccc8c8ccccc8c7c6)cc5)c5ccccc5cc34)cc21. The van der Waals surface area contributed by atoms with Gasteiger partial charge in [-0.05, 0) is 124 Å². The maximum atomic E-state index is 7.28. The Morgan fingerprint density at radius 1 is 0.349 bits per heavy atom. The van der Waals surface area contributed by atoms with Crippen LogP contribution in [-0.2, 0) is 5.41 Å². The number of rotatable bonds is 5. The summed E-state index contributed by atoms with van der Waals surface area (Å²) in [4.78, 5) is 2.37. The van der Waals surface area contributed by atoms with Crippen LogP contribution in [0.4, 0.5) is 17.1 Å². The normalized spacial score (nSPS) is 13.0. The van der Waals surface area contributed by atoms with Gasteiger partial charge in [0.05, 0.1) is 5.69 Å². The molecule has 0 saturated heterocycles. The highest BCUT2D eigenvalue weighted by Crippen LogP contribution is 2.52. The predicted molar refractivity (Wildman–Crippen MR) is 267 cm³/mol. The van der Waals surface area contributed by atoms with E-state index in [4.69, 9.17) is 4.42 Å². The van der Waals surface area contributed by atoms with Crippen LogP contribution in [0.1, 0.15) is 25.0 Å². The van der Waals surface area contributed by atoms with Crippen molar-refractivity contribution in [2.45, 2.75) is 19.3 Å². The molecule has 1 aliphatic carbocycles. The van der Waals surface area contributed by atoms with Crippen LogP contribution in [0.3, 0.4) is 0 Å². The Morgan fingerprint density at radius 3 is 1.70 bits per heavy atom. The van der Waals surface area contributed by atoms with Crippen LogP contribution in [0.15, 0.2) is 217 Å². The van der Waals surface area contributed by atoms with E-state index < -0.39 is 0 Å². The molecule has 0 unspecified atom stereocenters. The molecule has 0 N–H and O–H groups in total. The van der Waals surface area contributed by atoms with Crippen LogP contribution in [0.5, 0.6) is 0 Å². The number of nitrogens with zero attached hydrogens (tertiary/aromatic N) is 1. The quantitative estimate of drug-likeness (QED) is 0.161. The number of hydrogen-bond acceptors (Lipinski definition) is 2. The van der Waals surface area contributed by atoms with Crippen molar-refractivity contribution in [3.05, 3.63) is 223 Å². The van der Waals surface area contributed by atoms with E-state index in [0.717, 1.165) is 50.1 Å². The van der Waals surface area contributed by atoms with Gasteiger partial charge in [-0.1, -0.05) is 184 Å². The van der Waals surface area contributed by atoms with E-state index in [1.54, 1.807) is 0 Å². The monoisotopic (exact) mass is 803 g/mol. The number of benzene rings is 11. The molecule has 0 radical (unpaired) electrons. The van der Waals surface area contributed by atoms with Crippen molar-refractivity contribution in [2.24, 2.45) is 0 Å². The molecule has 0 bridgehead atoms. The second kappa shape index (κ2) is 13.5. The fourth-order valence-electron chi connectivity index (χ4n) is 10.8. The van der Waals surface area contributed by atoms with E-state index in [-0.39, 0.29) is 5.41 Å². The first kappa shape index (κ1) is 35.8. The average Bonchev–Trinajstić information content (AvgIpc) is 3.82. The Morgan fingerprint density at radius 2 is 0.937 bits per heavy atom. The number of anilines is 3. The van der Waals surface area contributed by atoms with Gasteiger partial charge in [0.2, 0.25) is 0 Å². The predicted octanol–water partition coefficient (Wildman–Crippen LogP) is 17.3. The third kappa shape index (κ3) is 5.31. The fraction of sp³-hybridized carbons (Fsp3) is 0.0492. The summed E-state index contributed by atoms with van der Waals surface area (Å²) in [5, 5.41) is 12.3. The Hall–Kier alpha value is -7.94. The van der Waals surface area contributed by atoms with Gasteiger partial charge in [0, 0.05) is 33.1 Å². The molecule has 1 heterocycles. The summed E-state index contributed by atoms with van der Waals surface area (Å²) < 4.78 is 7.28. The molecule has 2 heteroatoms. The van der Waals surface area contributed by atoms with Gasteiger partial charge in [-0.15, -0.1) is 0 Å².